The molecule has 1 aromatic heterocycles. The van der Waals surface area contributed by atoms with Gasteiger partial charge in [-0.15, -0.1) is 0 Å². The molecule has 3 heterocycles. The molecule has 0 saturated carbocycles. The van der Waals surface area contributed by atoms with E-state index in [1.54, 1.807) is 0 Å². The highest BCUT2D eigenvalue weighted by Crippen LogP contribution is 2.26. The Morgan fingerprint density at radius 2 is 1.73 bits per heavy atom. The molecule has 0 N–H and O–H groups in total. The van der Waals surface area contributed by atoms with E-state index < -0.39 is 0 Å². The van der Waals surface area contributed by atoms with E-state index in [1.165, 1.54) is 11.8 Å². The highest BCUT2D eigenvalue weighted by atomic mass is 19.1. The summed E-state index contributed by atoms with van der Waals surface area (Å²) in [4.78, 5) is 13.1. The van der Waals surface area contributed by atoms with E-state index in [-0.39, 0.29) is 5.82 Å². The molecule has 2 fully saturated rings. The van der Waals surface area contributed by atoms with Gasteiger partial charge in [-0.25, -0.2) is 14.4 Å². The third kappa shape index (κ3) is 3.57. The van der Waals surface area contributed by atoms with Crippen LogP contribution in [0.25, 0.3) is 11.4 Å². The quantitative estimate of drug-likeness (QED) is 0.841. The number of rotatable bonds is 4. The molecule has 2 aromatic rings. The smallest absolute Gasteiger partial charge is 0.183 e. The van der Waals surface area contributed by atoms with Gasteiger partial charge in [0.2, 0.25) is 0 Å². The average molecular weight is 356 g/mol. The number of hydrogen-bond donors (Lipinski definition) is 0. The van der Waals surface area contributed by atoms with Crippen LogP contribution in [0.1, 0.15) is 31.4 Å². The monoisotopic (exact) mass is 356 g/mol. The number of hydrogen-bond acceptors (Lipinski definition) is 5. The molecule has 2 aliphatic rings. The minimum absolute atomic E-state index is 0.340. The Morgan fingerprint density at radius 3 is 2.42 bits per heavy atom. The summed E-state index contributed by atoms with van der Waals surface area (Å²) in [5.74, 6) is 0.672. The number of halogens is 1. The minimum Gasteiger partial charge on any atom is -0.379 e. The molecule has 0 radical (unpaired) electrons. The first-order valence-corrected chi connectivity index (χ1v) is 9.42. The van der Waals surface area contributed by atoms with Gasteiger partial charge in [-0.3, -0.25) is 4.90 Å². The molecule has 0 amide bonds. The Morgan fingerprint density at radius 1 is 1.04 bits per heavy atom. The standard InChI is InChI=1S/C20H25FN4O/c1-15(24-10-12-26-13-11-24)16-4-6-17(7-5-16)19-22-14-18(21)20(23-19)25-8-2-3-9-25/h4-7,14-15H,2-3,8-13H2,1H3/t15-/m0/s1. The first-order chi connectivity index (χ1) is 12.7. The topological polar surface area (TPSA) is 41.5 Å². The van der Waals surface area contributed by atoms with E-state index in [1.807, 2.05) is 17.0 Å². The molecule has 6 heteroatoms. The molecule has 2 saturated heterocycles. The van der Waals surface area contributed by atoms with E-state index in [4.69, 9.17) is 4.74 Å². The zero-order valence-corrected chi connectivity index (χ0v) is 15.2. The molecule has 2 aliphatic heterocycles. The van der Waals surface area contributed by atoms with Gasteiger partial charge in [-0.1, -0.05) is 24.3 Å². The van der Waals surface area contributed by atoms with Gasteiger partial charge in [0.15, 0.2) is 17.5 Å². The Bertz CT molecular complexity index is 740. The summed E-state index contributed by atoms with van der Waals surface area (Å²) in [6.07, 6.45) is 3.47. The lowest BCUT2D eigenvalue weighted by Gasteiger charge is -2.32. The summed E-state index contributed by atoms with van der Waals surface area (Å²) in [5.41, 5.74) is 2.18. The fraction of sp³-hybridized carbons (Fsp3) is 0.500. The molecular weight excluding hydrogens is 331 g/mol. The van der Waals surface area contributed by atoms with Crippen LogP contribution < -0.4 is 4.90 Å². The third-order valence-corrected chi connectivity index (χ3v) is 5.38. The first-order valence-electron chi connectivity index (χ1n) is 9.42. The molecule has 1 atom stereocenters. The summed E-state index contributed by atoms with van der Waals surface area (Å²) in [5, 5.41) is 0. The van der Waals surface area contributed by atoms with Gasteiger partial charge in [0.05, 0.1) is 19.4 Å². The first kappa shape index (κ1) is 17.4. The fourth-order valence-corrected chi connectivity index (χ4v) is 3.73. The van der Waals surface area contributed by atoms with Crippen LogP contribution in [0, 0.1) is 5.82 Å². The van der Waals surface area contributed by atoms with Gasteiger partial charge in [0.1, 0.15) is 0 Å². The van der Waals surface area contributed by atoms with Crippen molar-refractivity contribution in [2.75, 3.05) is 44.3 Å². The Kier molecular flexibility index (Phi) is 5.13. The van der Waals surface area contributed by atoms with Crippen LogP contribution in [0.5, 0.6) is 0 Å². The molecule has 0 unspecified atom stereocenters. The van der Waals surface area contributed by atoms with Gasteiger partial charge in [-0.05, 0) is 25.3 Å². The zero-order valence-electron chi connectivity index (χ0n) is 15.2. The van der Waals surface area contributed by atoms with Crippen molar-refractivity contribution in [3.63, 3.8) is 0 Å². The lowest BCUT2D eigenvalue weighted by molar-refractivity contribution is 0.0198. The summed E-state index contributed by atoms with van der Waals surface area (Å²) in [6.45, 7) is 7.47. The van der Waals surface area contributed by atoms with E-state index in [0.29, 0.717) is 17.7 Å². The van der Waals surface area contributed by atoms with E-state index >= 15 is 0 Å². The Balaban J connectivity index is 1.54. The molecule has 1 aromatic carbocycles. The number of nitrogens with zero attached hydrogens (tertiary/aromatic N) is 4. The van der Waals surface area contributed by atoms with Crippen LogP contribution in [-0.2, 0) is 4.74 Å². The summed E-state index contributed by atoms with van der Waals surface area (Å²) < 4.78 is 19.6. The SMILES string of the molecule is C[C@@H](c1ccc(-c2ncc(F)c(N3CCCC3)n2)cc1)N1CCOCC1. The van der Waals surface area contributed by atoms with Gasteiger partial charge < -0.3 is 9.64 Å². The maximum absolute atomic E-state index is 14.1. The highest BCUT2D eigenvalue weighted by molar-refractivity contribution is 5.58. The van der Waals surface area contributed by atoms with Gasteiger partial charge in [-0.2, -0.15) is 0 Å². The lowest BCUT2D eigenvalue weighted by atomic mass is 10.0. The number of morpholine rings is 1. The van der Waals surface area contributed by atoms with Crippen LogP contribution in [-0.4, -0.2) is 54.3 Å². The zero-order chi connectivity index (χ0) is 17.9. The molecule has 4 rings (SSSR count). The average Bonchev–Trinajstić information content (AvgIpc) is 3.23. The van der Waals surface area contributed by atoms with Crippen LogP contribution >= 0.6 is 0 Å². The number of anilines is 1. The van der Waals surface area contributed by atoms with Crippen LogP contribution in [0.2, 0.25) is 0 Å². The largest absolute Gasteiger partial charge is 0.379 e. The minimum atomic E-state index is -0.340. The molecule has 138 valence electrons. The Labute approximate surface area is 153 Å². The Hall–Kier alpha value is -2.05. The van der Waals surface area contributed by atoms with Crippen molar-refractivity contribution in [3.05, 3.63) is 41.8 Å². The van der Waals surface area contributed by atoms with Crippen molar-refractivity contribution in [2.24, 2.45) is 0 Å². The van der Waals surface area contributed by atoms with Crippen molar-refractivity contribution >= 4 is 5.82 Å². The number of aromatic nitrogens is 2. The normalized spacial score (nSPS) is 19.7. The summed E-state index contributed by atoms with van der Waals surface area (Å²) in [7, 11) is 0. The molecule has 0 bridgehead atoms. The van der Waals surface area contributed by atoms with Crippen LogP contribution in [0.4, 0.5) is 10.2 Å². The van der Waals surface area contributed by atoms with Crippen LogP contribution in [0.3, 0.4) is 0 Å². The van der Waals surface area contributed by atoms with Gasteiger partial charge in [0.25, 0.3) is 0 Å². The molecule has 5 nitrogen and oxygen atoms in total. The summed E-state index contributed by atoms with van der Waals surface area (Å²) >= 11 is 0. The van der Waals surface area contributed by atoms with Crippen molar-refractivity contribution in [1.82, 2.24) is 14.9 Å². The number of ether oxygens (including phenoxy) is 1. The highest BCUT2D eigenvalue weighted by Gasteiger charge is 2.20. The van der Waals surface area contributed by atoms with E-state index in [9.17, 15) is 4.39 Å². The number of benzene rings is 1. The maximum Gasteiger partial charge on any atom is 0.183 e. The van der Waals surface area contributed by atoms with Gasteiger partial charge >= 0.3 is 0 Å². The predicted octanol–water partition coefficient (Wildman–Crippen LogP) is 3.28. The van der Waals surface area contributed by atoms with Crippen molar-refractivity contribution in [1.29, 1.82) is 0 Å². The lowest BCUT2D eigenvalue weighted by Crippen LogP contribution is -2.37. The second-order valence-electron chi connectivity index (χ2n) is 7.01. The third-order valence-electron chi connectivity index (χ3n) is 5.38. The molecule has 26 heavy (non-hydrogen) atoms. The molecular formula is C20H25FN4O. The molecule has 0 aliphatic carbocycles. The van der Waals surface area contributed by atoms with E-state index in [2.05, 4.69) is 33.9 Å². The van der Waals surface area contributed by atoms with Crippen LogP contribution in [0.15, 0.2) is 30.5 Å². The summed E-state index contributed by atoms with van der Waals surface area (Å²) in [6, 6.07) is 8.66. The second-order valence-corrected chi connectivity index (χ2v) is 7.01. The van der Waals surface area contributed by atoms with E-state index in [0.717, 1.165) is 57.8 Å². The van der Waals surface area contributed by atoms with Gasteiger partial charge in [0, 0.05) is 37.8 Å². The van der Waals surface area contributed by atoms with Crippen molar-refractivity contribution in [3.8, 4) is 11.4 Å². The second kappa shape index (κ2) is 7.68. The maximum atomic E-state index is 14.1. The molecule has 0 spiro atoms. The van der Waals surface area contributed by atoms with Crippen molar-refractivity contribution < 1.29 is 9.13 Å². The van der Waals surface area contributed by atoms with Crippen molar-refractivity contribution in [2.45, 2.75) is 25.8 Å². The fourth-order valence-electron chi connectivity index (χ4n) is 3.73. The predicted molar refractivity (Wildman–Crippen MR) is 99.7 cm³/mol.